The predicted octanol–water partition coefficient (Wildman–Crippen LogP) is 1.25. The highest BCUT2D eigenvalue weighted by atomic mass is 32.2. The maximum Gasteiger partial charge on any atom is 0.0781 e. The van der Waals surface area contributed by atoms with Gasteiger partial charge in [0.25, 0.3) is 0 Å². The molecule has 1 aliphatic heterocycles. The smallest absolute Gasteiger partial charge is 0.0781 e. The Morgan fingerprint density at radius 1 is 1.64 bits per heavy atom. The van der Waals surface area contributed by atoms with Crippen LogP contribution in [0.1, 0.15) is 19.3 Å². The molecular weight excluding hydrogens is 158 g/mol. The van der Waals surface area contributed by atoms with E-state index in [2.05, 4.69) is 0 Å². The summed E-state index contributed by atoms with van der Waals surface area (Å²) in [6, 6.07) is 0. The lowest BCUT2D eigenvalue weighted by Gasteiger charge is -2.35. The summed E-state index contributed by atoms with van der Waals surface area (Å²) >= 11 is 1.99. The summed E-state index contributed by atoms with van der Waals surface area (Å²) in [6.07, 6.45) is 3.47. The second-order valence-electron chi connectivity index (χ2n) is 3.08. The molecule has 0 bridgehead atoms. The van der Waals surface area contributed by atoms with Gasteiger partial charge in [0.05, 0.1) is 5.60 Å². The van der Waals surface area contributed by atoms with Gasteiger partial charge in [-0.1, -0.05) is 0 Å². The van der Waals surface area contributed by atoms with Crippen LogP contribution in [0.2, 0.25) is 0 Å². The van der Waals surface area contributed by atoms with E-state index in [1.807, 2.05) is 18.9 Å². The third-order valence-electron chi connectivity index (χ3n) is 2.32. The van der Waals surface area contributed by atoms with Gasteiger partial charge >= 0.3 is 0 Å². The van der Waals surface area contributed by atoms with Crippen LogP contribution in [0.25, 0.3) is 0 Å². The minimum absolute atomic E-state index is 0.109. The topological polar surface area (TPSA) is 35.2 Å². The molecule has 1 atom stereocenters. The minimum atomic E-state index is 0.109. The van der Waals surface area contributed by atoms with Crippen molar-refractivity contribution in [3.05, 3.63) is 0 Å². The number of methoxy groups -OCH3 is 1. The normalized spacial score (nSPS) is 32.2. The molecule has 2 N–H and O–H groups in total. The average molecular weight is 175 g/mol. The van der Waals surface area contributed by atoms with Gasteiger partial charge in [-0.2, -0.15) is 11.8 Å². The Morgan fingerprint density at radius 2 is 2.45 bits per heavy atom. The number of hydrogen-bond donors (Lipinski definition) is 1. The van der Waals surface area contributed by atoms with Crippen molar-refractivity contribution in [2.75, 3.05) is 25.2 Å². The van der Waals surface area contributed by atoms with Gasteiger partial charge in [-0.05, 0) is 31.6 Å². The van der Waals surface area contributed by atoms with Crippen molar-refractivity contribution in [3.8, 4) is 0 Å². The Hall–Kier alpha value is 0.270. The first-order valence-corrected chi connectivity index (χ1v) is 5.31. The second-order valence-corrected chi connectivity index (χ2v) is 4.19. The van der Waals surface area contributed by atoms with E-state index in [9.17, 15) is 0 Å². The first-order valence-electron chi connectivity index (χ1n) is 4.16. The molecule has 11 heavy (non-hydrogen) atoms. The quantitative estimate of drug-likeness (QED) is 0.701. The SMILES string of the molecule is COC1(CCN)CCCSC1. The molecule has 0 saturated carbocycles. The Bertz CT molecular complexity index is 107. The van der Waals surface area contributed by atoms with E-state index in [4.69, 9.17) is 10.5 Å². The van der Waals surface area contributed by atoms with Crippen molar-refractivity contribution in [2.45, 2.75) is 24.9 Å². The lowest BCUT2D eigenvalue weighted by atomic mass is 9.95. The van der Waals surface area contributed by atoms with Crippen LogP contribution in [0.3, 0.4) is 0 Å². The molecule has 0 amide bonds. The Kier molecular flexibility index (Phi) is 3.69. The molecule has 66 valence electrons. The van der Waals surface area contributed by atoms with Crippen LogP contribution in [0, 0.1) is 0 Å². The Labute approximate surface area is 72.9 Å². The second kappa shape index (κ2) is 4.33. The Balaban J connectivity index is 2.42. The van der Waals surface area contributed by atoms with Crippen molar-refractivity contribution in [3.63, 3.8) is 0 Å². The van der Waals surface area contributed by atoms with Crippen LogP contribution in [-0.2, 0) is 4.74 Å². The van der Waals surface area contributed by atoms with E-state index in [0.717, 1.165) is 18.7 Å². The van der Waals surface area contributed by atoms with Gasteiger partial charge in [-0.3, -0.25) is 0 Å². The van der Waals surface area contributed by atoms with Crippen LogP contribution in [0.5, 0.6) is 0 Å². The molecule has 0 spiro atoms. The number of thioether (sulfide) groups is 1. The highest BCUT2D eigenvalue weighted by Gasteiger charge is 2.30. The monoisotopic (exact) mass is 175 g/mol. The molecule has 3 heteroatoms. The lowest BCUT2D eigenvalue weighted by molar-refractivity contribution is -0.00434. The highest BCUT2D eigenvalue weighted by molar-refractivity contribution is 7.99. The van der Waals surface area contributed by atoms with E-state index in [1.165, 1.54) is 18.6 Å². The van der Waals surface area contributed by atoms with E-state index in [-0.39, 0.29) is 5.60 Å². The van der Waals surface area contributed by atoms with Gasteiger partial charge in [-0.25, -0.2) is 0 Å². The van der Waals surface area contributed by atoms with Crippen molar-refractivity contribution in [1.29, 1.82) is 0 Å². The van der Waals surface area contributed by atoms with Gasteiger partial charge in [0.15, 0.2) is 0 Å². The molecule has 0 aromatic carbocycles. The van der Waals surface area contributed by atoms with Crippen molar-refractivity contribution < 1.29 is 4.74 Å². The van der Waals surface area contributed by atoms with E-state index in [0.29, 0.717) is 0 Å². The molecule has 1 aliphatic rings. The summed E-state index contributed by atoms with van der Waals surface area (Å²) in [5, 5.41) is 0. The number of ether oxygens (including phenoxy) is 1. The maximum absolute atomic E-state index is 5.53. The highest BCUT2D eigenvalue weighted by Crippen LogP contribution is 2.31. The molecule has 0 aromatic heterocycles. The van der Waals surface area contributed by atoms with Crippen molar-refractivity contribution in [1.82, 2.24) is 0 Å². The fourth-order valence-corrected chi connectivity index (χ4v) is 2.82. The third-order valence-corrected chi connectivity index (χ3v) is 3.63. The summed E-state index contributed by atoms with van der Waals surface area (Å²) in [5.41, 5.74) is 5.64. The van der Waals surface area contributed by atoms with E-state index in [1.54, 1.807) is 0 Å². The predicted molar refractivity (Wildman–Crippen MR) is 50.0 cm³/mol. The molecule has 1 saturated heterocycles. The summed E-state index contributed by atoms with van der Waals surface area (Å²) in [7, 11) is 1.81. The van der Waals surface area contributed by atoms with Crippen molar-refractivity contribution in [2.24, 2.45) is 5.73 Å². The third kappa shape index (κ3) is 2.36. The molecule has 0 aromatic rings. The molecule has 1 heterocycles. The summed E-state index contributed by atoms with van der Waals surface area (Å²) in [5.74, 6) is 2.41. The first-order chi connectivity index (χ1) is 5.33. The zero-order valence-corrected chi connectivity index (χ0v) is 7.95. The van der Waals surface area contributed by atoms with Crippen LogP contribution >= 0.6 is 11.8 Å². The molecule has 2 nitrogen and oxygen atoms in total. The molecular formula is C8H17NOS. The van der Waals surface area contributed by atoms with Crippen LogP contribution in [-0.4, -0.2) is 30.8 Å². The molecule has 0 radical (unpaired) electrons. The summed E-state index contributed by atoms with van der Waals surface area (Å²) in [6.45, 7) is 0.744. The average Bonchev–Trinajstić information content (AvgIpc) is 2.07. The molecule has 1 rings (SSSR count). The zero-order chi connectivity index (χ0) is 8.16. The largest absolute Gasteiger partial charge is 0.377 e. The lowest BCUT2D eigenvalue weighted by Crippen LogP contribution is -2.39. The minimum Gasteiger partial charge on any atom is -0.377 e. The summed E-state index contributed by atoms with van der Waals surface area (Å²) < 4.78 is 5.52. The fraction of sp³-hybridized carbons (Fsp3) is 1.00. The van der Waals surface area contributed by atoms with Crippen LogP contribution in [0.4, 0.5) is 0 Å². The molecule has 0 aliphatic carbocycles. The zero-order valence-electron chi connectivity index (χ0n) is 7.14. The maximum atomic E-state index is 5.53. The Morgan fingerprint density at radius 3 is 2.91 bits per heavy atom. The van der Waals surface area contributed by atoms with Gasteiger partial charge in [0.2, 0.25) is 0 Å². The van der Waals surface area contributed by atoms with Crippen LogP contribution in [0.15, 0.2) is 0 Å². The number of rotatable bonds is 3. The first kappa shape index (κ1) is 9.36. The van der Waals surface area contributed by atoms with Gasteiger partial charge < -0.3 is 10.5 Å². The number of nitrogens with two attached hydrogens (primary N) is 1. The summed E-state index contributed by atoms with van der Waals surface area (Å²) in [4.78, 5) is 0. The fourth-order valence-electron chi connectivity index (χ4n) is 1.55. The van der Waals surface area contributed by atoms with E-state index < -0.39 is 0 Å². The van der Waals surface area contributed by atoms with Gasteiger partial charge in [0, 0.05) is 12.9 Å². The van der Waals surface area contributed by atoms with Crippen molar-refractivity contribution >= 4 is 11.8 Å². The molecule has 1 unspecified atom stereocenters. The number of hydrogen-bond acceptors (Lipinski definition) is 3. The van der Waals surface area contributed by atoms with Gasteiger partial charge in [-0.15, -0.1) is 0 Å². The standard InChI is InChI=1S/C8H17NOS/c1-10-8(4-5-9)3-2-6-11-7-8/h2-7,9H2,1H3. The van der Waals surface area contributed by atoms with Gasteiger partial charge in [0.1, 0.15) is 0 Å². The van der Waals surface area contributed by atoms with E-state index >= 15 is 0 Å². The molecule has 1 fully saturated rings. The van der Waals surface area contributed by atoms with Crippen LogP contribution < -0.4 is 5.73 Å².